The number of hydrogen-bond acceptors (Lipinski definition) is 3. The van der Waals surface area contributed by atoms with Crippen molar-refractivity contribution >= 4 is 27.3 Å². The van der Waals surface area contributed by atoms with E-state index in [1.54, 1.807) is 43.3 Å². The van der Waals surface area contributed by atoms with Gasteiger partial charge in [-0.3, -0.25) is 9.52 Å². The number of carbonyl (C=O) groups excluding carboxylic acids is 1. The molecular formula is C22H22N2O3S. The van der Waals surface area contributed by atoms with Crippen LogP contribution in [0.1, 0.15) is 28.4 Å². The molecule has 0 atom stereocenters. The molecule has 0 unspecified atom stereocenters. The van der Waals surface area contributed by atoms with Gasteiger partial charge in [-0.05, 0) is 60.9 Å². The molecule has 2 N–H and O–H groups in total. The third kappa shape index (κ3) is 4.40. The molecule has 0 aliphatic carbocycles. The summed E-state index contributed by atoms with van der Waals surface area (Å²) in [6, 6.07) is 20.7. The smallest absolute Gasteiger partial charge is 0.261 e. The van der Waals surface area contributed by atoms with Crippen LogP contribution in [0, 0.1) is 6.92 Å². The highest BCUT2D eigenvalue weighted by Crippen LogP contribution is 2.22. The topological polar surface area (TPSA) is 75.3 Å². The van der Waals surface area contributed by atoms with Crippen LogP contribution in [0.25, 0.3) is 0 Å². The number of amides is 1. The minimum absolute atomic E-state index is 0.187. The van der Waals surface area contributed by atoms with Crippen LogP contribution in [0.4, 0.5) is 11.4 Å². The molecule has 0 fully saturated rings. The summed E-state index contributed by atoms with van der Waals surface area (Å²) in [6.07, 6.45) is 0.815. The predicted octanol–water partition coefficient (Wildman–Crippen LogP) is 4.61. The van der Waals surface area contributed by atoms with Crippen molar-refractivity contribution in [2.75, 3.05) is 10.0 Å². The Bertz CT molecular complexity index is 1090. The van der Waals surface area contributed by atoms with E-state index < -0.39 is 10.0 Å². The fourth-order valence-corrected chi connectivity index (χ4v) is 4.02. The maximum absolute atomic E-state index is 12.6. The molecule has 0 aromatic heterocycles. The van der Waals surface area contributed by atoms with E-state index in [0.29, 0.717) is 16.8 Å². The van der Waals surface area contributed by atoms with Gasteiger partial charge in [-0.25, -0.2) is 8.42 Å². The highest BCUT2D eigenvalue weighted by atomic mass is 32.2. The lowest BCUT2D eigenvalue weighted by atomic mass is 10.1. The fourth-order valence-electron chi connectivity index (χ4n) is 2.87. The van der Waals surface area contributed by atoms with E-state index in [9.17, 15) is 13.2 Å². The number of nitrogens with one attached hydrogen (secondary N) is 2. The quantitative estimate of drug-likeness (QED) is 0.641. The molecule has 0 aliphatic heterocycles. The molecule has 0 saturated heterocycles. The van der Waals surface area contributed by atoms with Crippen LogP contribution >= 0.6 is 0 Å². The van der Waals surface area contributed by atoms with Crippen molar-refractivity contribution in [1.29, 1.82) is 0 Å². The van der Waals surface area contributed by atoms with Gasteiger partial charge in [0.25, 0.3) is 15.9 Å². The summed E-state index contributed by atoms with van der Waals surface area (Å²) in [6.45, 7) is 3.79. The number of rotatable bonds is 6. The standard InChI is InChI=1S/C22H22N2O3S/c1-3-17-9-7-8-12-21(17)23-22(25)18-13-14-20(16(2)15-18)24-28(26,27)19-10-5-4-6-11-19/h4-15,24H,3H2,1-2H3,(H,23,25). The predicted molar refractivity (Wildman–Crippen MR) is 112 cm³/mol. The molecule has 3 aromatic carbocycles. The van der Waals surface area contributed by atoms with E-state index in [4.69, 9.17) is 0 Å². The summed E-state index contributed by atoms with van der Waals surface area (Å²) in [4.78, 5) is 12.8. The lowest BCUT2D eigenvalue weighted by Gasteiger charge is -2.13. The van der Waals surface area contributed by atoms with Gasteiger partial charge in [-0.2, -0.15) is 0 Å². The lowest BCUT2D eigenvalue weighted by molar-refractivity contribution is 0.102. The van der Waals surface area contributed by atoms with Gasteiger partial charge >= 0.3 is 0 Å². The molecule has 144 valence electrons. The largest absolute Gasteiger partial charge is 0.322 e. The summed E-state index contributed by atoms with van der Waals surface area (Å²) >= 11 is 0. The first kappa shape index (κ1) is 19.6. The Morgan fingerprint density at radius 1 is 0.893 bits per heavy atom. The van der Waals surface area contributed by atoms with E-state index >= 15 is 0 Å². The summed E-state index contributed by atoms with van der Waals surface area (Å²) in [5.74, 6) is -0.235. The normalized spacial score (nSPS) is 11.1. The Morgan fingerprint density at radius 2 is 1.57 bits per heavy atom. The molecule has 28 heavy (non-hydrogen) atoms. The van der Waals surface area contributed by atoms with Crippen LogP contribution in [0.5, 0.6) is 0 Å². The van der Waals surface area contributed by atoms with Gasteiger partial charge < -0.3 is 5.32 Å². The van der Waals surface area contributed by atoms with E-state index in [1.807, 2.05) is 31.2 Å². The number of para-hydroxylation sites is 1. The van der Waals surface area contributed by atoms with E-state index in [-0.39, 0.29) is 10.8 Å². The second-order valence-electron chi connectivity index (χ2n) is 6.41. The number of hydrogen-bond donors (Lipinski definition) is 2. The lowest BCUT2D eigenvalue weighted by Crippen LogP contribution is -2.15. The van der Waals surface area contributed by atoms with Crippen molar-refractivity contribution in [3.63, 3.8) is 0 Å². The average Bonchev–Trinajstić information content (AvgIpc) is 2.70. The van der Waals surface area contributed by atoms with E-state index in [1.165, 1.54) is 12.1 Å². The van der Waals surface area contributed by atoms with Gasteiger partial charge in [0, 0.05) is 11.3 Å². The first-order valence-electron chi connectivity index (χ1n) is 8.98. The SMILES string of the molecule is CCc1ccccc1NC(=O)c1ccc(NS(=O)(=O)c2ccccc2)c(C)c1. The van der Waals surface area contributed by atoms with E-state index in [2.05, 4.69) is 10.0 Å². The molecule has 0 radical (unpaired) electrons. The molecule has 5 nitrogen and oxygen atoms in total. The number of benzene rings is 3. The summed E-state index contributed by atoms with van der Waals surface area (Å²) in [5.41, 5.74) is 3.40. The van der Waals surface area contributed by atoms with Crippen LogP contribution < -0.4 is 10.0 Å². The maximum Gasteiger partial charge on any atom is 0.261 e. The molecule has 6 heteroatoms. The van der Waals surface area contributed by atoms with Gasteiger partial charge in [0.2, 0.25) is 0 Å². The van der Waals surface area contributed by atoms with Crippen LogP contribution in [-0.2, 0) is 16.4 Å². The highest BCUT2D eigenvalue weighted by Gasteiger charge is 2.16. The minimum atomic E-state index is -3.68. The Kier molecular flexibility index (Phi) is 5.80. The van der Waals surface area contributed by atoms with Crippen molar-refractivity contribution in [2.45, 2.75) is 25.2 Å². The first-order valence-corrected chi connectivity index (χ1v) is 10.5. The second-order valence-corrected chi connectivity index (χ2v) is 8.10. The third-order valence-corrected chi connectivity index (χ3v) is 5.81. The van der Waals surface area contributed by atoms with E-state index in [0.717, 1.165) is 17.7 Å². The molecule has 0 saturated carbocycles. The molecule has 0 spiro atoms. The van der Waals surface area contributed by atoms with Gasteiger partial charge in [0.05, 0.1) is 10.6 Å². The molecule has 1 amide bonds. The molecule has 0 bridgehead atoms. The highest BCUT2D eigenvalue weighted by molar-refractivity contribution is 7.92. The number of aryl methyl sites for hydroxylation is 2. The number of anilines is 2. The molecular weight excluding hydrogens is 372 g/mol. The zero-order chi connectivity index (χ0) is 20.1. The Hall–Kier alpha value is -3.12. The van der Waals surface area contributed by atoms with Gasteiger partial charge in [-0.15, -0.1) is 0 Å². The zero-order valence-corrected chi connectivity index (χ0v) is 16.6. The van der Waals surface area contributed by atoms with Crippen LogP contribution in [0.15, 0.2) is 77.7 Å². The zero-order valence-electron chi connectivity index (χ0n) is 15.8. The molecule has 0 aliphatic rings. The Labute approximate surface area is 165 Å². The Balaban J connectivity index is 1.80. The van der Waals surface area contributed by atoms with Gasteiger partial charge in [0.15, 0.2) is 0 Å². The average molecular weight is 394 g/mol. The minimum Gasteiger partial charge on any atom is -0.322 e. The van der Waals surface area contributed by atoms with Gasteiger partial charge in [-0.1, -0.05) is 43.3 Å². The van der Waals surface area contributed by atoms with Crippen LogP contribution in [-0.4, -0.2) is 14.3 Å². The second kappa shape index (κ2) is 8.27. The van der Waals surface area contributed by atoms with Crippen molar-refractivity contribution in [2.24, 2.45) is 0 Å². The van der Waals surface area contributed by atoms with Gasteiger partial charge in [0.1, 0.15) is 0 Å². The summed E-state index contributed by atoms with van der Waals surface area (Å²) in [7, 11) is -3.68. The molecule has 0 heterocycles. The first-order chi connectivity index (χ1) is 13.4. The maximum atomic E-state index is 12.6. The van der Waals surface area contributed by atoms with Crippen molar-refractivity contribution in [1.82, 2.24) is 0 Å². The van der Waals surface area contributed by atoms with Crippen molar-refractivity contribution in [3.8, 4) is 0 Å². The number of sulfonamides is 1. The summed E-state index contributed by atoms with van der Waals surface area (Å²) < 4.78 is 27.6. The monoisotopic (exact) mass is 394 g/mol. The molecule has 3 rings (SSSR count). The fraction of sp³-hybridized carbons (Fsp3) is 0.136. The van der Waals surface area contributed by atoms with Crippen molar-refractivity contribution < 1.29 is 13.2 Å². The van der Waals surface area contributed by atoms with Crippen molar-refractivity contribution in [3.05, 3.63) is 89.5 Å². The molecule has 3 aromatic rings. The third-order valence-electron chi connectivity index (χ3n) is 4.43. The summed E-state index contributed by atoms with van der Waals surface area (Å²) in [5, 5.41) is 2.92. The van der Waals surface area contributed by atoms with Crippen LogP contribution in [0.2, 0.25) is 0 Å². The number of carbonyl (C=O) groups is 1. The van der Waals surface area contributed by atoms with Crippen LogP contribution in [0.3, 0.4) is 0 Å². The Morgan fingerprint density at radius 3 is 2.25 bits per heavy atom.